The Labute approximate surface area is 211 Å². The van der Waals surface area contributed by atoms with Gasteiger partial charge in [-0.05, 0) is 52.9 Å². The molecular weight excluding hydrogens is 480 g/mol. The number of amides is 1. The lowest BCUT2D eigenvalue weighted by Crippen LogP contribution is -2.27. The van der Waals surface area contributed by atoms with Gasteiger partial charge in [0.1, 0.15) is 12.4 Å². The smallest absolute Gasteiger partial charge is 0.270 e. The fraction of sp³-hybridized carbons (Fsp3) is 0.0370. The van der Waals surface area contributed by atoms with Crippen LogP contribution in [0.25, 0.3) is 16.8 Å². The van der Waals surface area contributed by atoms with Crippen molar-refractivity contribution in [1.29, 1.82) is 0 Å². The van der Waals surface area contributed by atoms with E-state index in [0.717, 1.165) is 27.6 Å². The molecule has 35 heavy (non-hydrogen) atoms. The first-order chi connectivity index (χ1) is 17.0. The third-order valence-corrected chi connectivity index (χ3v) is 6.83. The van der Waals surface area contributed by atoms with E-state index in [1.165, 1.54) is 23.9 Å². The molecule has 172 valence electrons. The number of ether oxygens (including phenoxy) is 1. The number of hydrogen-bond donors (Lipinski definition) is 0. The first-order valence-electron chi connectivity index (χ1n) is 10.7. The van der Waals surface area contributed by atoms with E-state index in [4.69, 9.17) is 17.0 Å². The first-order valence-corrected chi connectivity index (χ1v) is 11.9. The van der Waals surface area contributed by atoms with E-state index in [-0.39, 0.29) is 11.6 Å². The van der Waals surface area contributed by atoms with Crippen LogP contribution in [0.5, 0.6) is 5.75 Å². The number of nitro benzene ring substituents is 1. The van der Waals surface area contributed by atoms with Crippen LogP contribution in [0.1, 0.15) is 11.1 Å². The molecule has 0 N–H and O–H groups in total. The van der Waals surface area contributed by atoms with Crippen LogP contribution >= 0.6 is 24.0 Å². The van der Waals surface area contributed by atoms with Gasteiger partial charge in [-0.15, -0.1) is 0 Å². The molecule has 0 bridgehead atoms. The van der Waals surface area contributed by atoms with Gasteiger partial charge in [-0.3, -0.25) is 19.8 Å². The number of carbonyl (C=O) groups excluding carboxylic acids is 1. The predicted molar refractivity (Wildman–Crippen MR) is 143 cm³/mol. The number of hydrogen-bond acceptors (Lipinski definition) is 6. The average molecular weight is 499 g/mol. The summed E-state index contributed by atoms with van der Waals surface area (Å²) in [6.07, 6.45) is 1.82. The van der Waals surface area contributed by atoms with Gasteiger partial charge < -0.3 is 4.74 Å². The first kappa shape index (κ1) is 22.8. The Kier molecular flexibility index (Phi) is 6.31. The van der Waals surface area contributed by atoms with Gasteiger partial charge in [-0.2, -0.15) is 0 Å². The van der Waals surface area contributed by atoms with Crippen LogP contribution in [0, 0.1) is 10.1 Å². The summed E-state index contributed by atoms with van der Waals surface area (Å²) in [5, 5.41) is 12.8. The zero-order chi connectivity index (χ0) is 24.4. The summed E-state index contributed by atoms with van der Waals surface area (Å²) in [7, 11) is 0. The van der Waals surface area contributed by atoms with Gasteiger partial charge in [0.25, 0.3) is 11.6 Å². The second-order valence-electron chi connectivity index (χ2n) is 7.80. The summed E-state index contributed by atoms with van der Waals surface area (Å²) in [5.41, 5.74) is 2.51. The maximum absolute atomic E-state index is 13.2. The summed E-state index contributed by atoms with van der Waals surface area (Å²) in [6, 6.07) is 27.4. The molecule has 0 aliphatic carbocycles. The van der Waals surface area contributed by atoms with Gasteiger partial charge in [0.15, 0.2) is 4.32 Å². The summed E-state index contributed by atoms with van der Waals surface area (Å²) < 4.78 is 6.28. The van der Waals surface area contributed by atoms with E-state index in [9.17, 15) is 14.9 Å². The largest absolute Gasteiger partial charge is 0.489 e. The number of nitrogens with zero attached hydrogens (tertiary/aromatic N) is 2. The van der Waals surface area contributed by atoms with Crippen molar-refractivity contribution in [1.82, 2.24) is 0 Å². The van der Waals surface area contributed by atoms with E-state index in [1.807, 2.05) is 72.8 Å². The zero-order valence-corrected chi connectivity index (χ0v) is 19.9. The molecule has 1 aliphatic heterocycles. The molecule has 1 aliphatic rings. The van der Waals surface area contributed by atoms with Crippen molar-refractivity contribution >= 4 is 62.4 Å². The van der Waals surface area contributed by atoms with E-state index in [0.29, 0.717) is 21.6 Å². The van der Waals surface area contributed by atoms with Gasteiger partial charge in [-0.25, -0.2) is 0 Å². The minimum Gasteiger partial charge on any atom is -0.489 e. The Morgan fingerprint density at radius 3 is 2.40 bits per heavy atom. The molecule has 4 aromatic carbocycles. The molecule has 0 unspecified atom stereocenters. The molecule has 0 aromatic heterocycles. The lowest BCUT2D eigenvalue weighted by atomic mass is 10.1. The summed E-state index contributed by atoms with van der Waals surface area (Å²) >= 11 is 6.83. The Balaban J connectivity index is 1.29. The van der Waals surface area contributed by atoms with Crippen LogP contribution < -0.4 is 9.64 Å². The molecule has 0 radical (unpaired) electrons. The minimum absolute atomic E-state index is 0.0453. The Morgan fingerprint density at radius 2 is 1.66 bits per heavy atom. The van der Waals surface area contributed by atoms with Gasteiger partial charge in [0.2, 0.25) is 0 Å². The maximum atomic E-state index is 13.2. The molecule has 0 saturated carbocycles. The number of nitro groups is 1. The molecule has 0 atom stereocenters. The third-order valence-electron chi connectivity index (χ3n) is 5.53. The van der Waals surface area contributed by atoms with E-state index < -0.39 is 4.92 Å². The summed E-state index contributed by atoms with van der Waals surface area (Å²) in [4.78, 5) is 25.7. The number of carbonyl (C=O) groups is 1. The Hall–Kier alpha value is -4.01. The van der Waals surface area contributed by atoms with E-state index in [2.05, 4.69) is 0 Å². The maximum Gasteiger partial charge on any atom is 0.270 e. The number of benzene rings is 4. The topological polar surface area (TPSA) is 72.7 Å². The van der Waals surface area contributed by atoms with Crippen molar-refractivity contribution in [2.24, 2.45) is 0 Å². The quantitative estimate of drug-likeness (QED) is 0.127. The Bertz CT molecular complexity index is 1480. The Morgan fingerprint density at radius 1 is 0.943 bits per heavy atom. The summed E-state index contributed by atoms with van der Waals surface area (Å²) in [6.45, 7) is 0.293. The standard InChI is InChI=1S/C27H18N2O4S2/c30-26-25(35-27(34)28(26)24-7-3-5-20-4-1-2-6-23(20)24)16-18-10-14-22(15-11-18)33-17-19-8-12-21(13-9-19)29(31)32/h1-16H,17H2/b25-16-. The summed E-state index contributed by atoms with van der Waals surface area (Å²) in [5.74, 6) is 0.513. The van der Waals surface area contributed by atoms with Gasteiger partial charge >= 0.3 is 0 Å². The molecule has 5 rings (SSSR count). The minimum atomic E-state index is -0.431. The molecule has 1 saturated heterocycles. The van der Waals surface area contributed by atoms with E-state index in [1.54, 1.807) is 17.0 Å². The van der Waals surface area contributed by atoms with Crippen molar-refractivity contribution in [2.45, 2.75) is 6.61 Å². The van der Waals surface area contributed by atoms with Gasteiger partial charge in [-0.1, -0.05) is 72.5 Å². The average Bonchev–Trinajstić information content (AvgIpc) is 3.15. The number of fused-ring (bicyclic) bond motifs is 1. The van der Waals surface area contributed by atoms with Gasteiger partial charge in [0, 0.05) is 17.5 Å². The lowest BCUT2D eigenvalue weighted by molar-refractivity contribution is -0.384. The highest BCUT2D eigenvalue weighted by molar-refractivity contribution is 8.27. The third kappa shape index (κ3) is 4.80. The SMILES string of the molecule is O=C1/C(=C/c2ccc(OCc3ccc([N+](=O)[O-])cc3)cc2)SC(=S)N1c1cccc2ccccc12. The van der Waals surface area contributed by atoms with Crippen molar-refractivity contribution in [3.05, 3.63) is 117 Å². The van der Waals surface area contributed by atoms with Crippen LogP contribution in [0.3, 0.4) is 0 Å². The molecule has 1 heterocycles. The molecule has 1 fully saturated rings. The van der Waals surface area contributed by atoms with Crippen LogP contribution in [0.4, 0.5) is 11.4 Å². The van der Waals surface area contributed by atoms with Crippen molar-refractivity contribution in [2.75, 3.05) is 4.90 Å². The molecule has 0 spiro atoms. The van der Waals surface area contributed by atoms with Crippen LogP contribution in [-0.2, 0) is 11.4 Å². The van der Waals surface area contributed by atoms with Crippen LogP contribution in [-0.4, -0.2) is 15.2 Å². The van der Waals surface area contributed by atoms with Crippen molar-refractivity contribution < 1.29 is 14.5 Å². The number of non-ortho nitro benzene ring substituents is 1. The number of thiocarbonyl (C=S) groups is 1. The van der Waals surface area contributed by atoms with Crippen molar-refractivity contribution in [3.8, 4) is 5.75 Å². The molecule has 8 heteroatoms. The van der Waals surface area contributed by atoms with E-state index >= 15 is 0 Å². The fourth-order valence-corrected chi connectivity index (χ4v) is 5.06. The lowest BCUT2D eigenvalue weighted by Gasteiger charge is -2.17. The normalized spacial score (nSPS) is 14.6. The van der Waals surface area contributed by atoms with Crippen molar-refractivity contribution in [3.63, 3.8) is 0 Å². The van der Waals surface area contributed by atoms with Crippen LogP contribution in [0.15, 0.2) is 95.9 Å². The second-order valence-corrected chi connectivity index (χ2v) is 9.47. The molecule has 4 aromatic rings. The van der Waals surface area contributed by atoms with Gasteiger partial charge in [0.05, 0.1) is 15.5 Å². The monoisotopic (exact) mass is 498 g/mol. The zero-order valence-electron chi connectivity index (χ0n) is 18.3. The second kappa shape index (κ2) is 9.69. The number of anilines is 1. The number of thioether (sulfide) groups is 1. The molecular formula is C27H18N2O4S2. The number of rotatable bonds is 6. The fourth-order valence-electron chi connectivity index (χ4n) is 3.77. The highest BCUT2D eigenvalue weighted by Crippen LogP contribution is 2.39. The highest BCUT2D eigenvalue weighted by atomic mass is 32.2. The molecule has 1 amide bonds. The van der Waals surface area contributed by atoms with Crippen LogP contribution in [0.2, 0.25) is 0 Å². The molecule has 6 nitrogen and oxygen atoms in total. The predicted octanol–water partition coefficient (Wildman–Crippen LogP) is 6.73. The highest BCUT2D eigenvalue weighted by Gasteiger charge is 2.34.